The molecule has 0 spiro atoms. The van der Waals surface area contributed by atoms with Crippen molar-refractivity contribution in [3.8, 4) is 0 Å². The van der Waals surface area contributed by atoms with Crippen molar-refractivity contribution in [1.82, 2.24) is 14.8 Å². The number of hydrogen-bond acceptors (Lipinski definition) is 3. The third-order valence-corrected chi connectivity index (χ3v) is 7.32. The number of hydrogen-bond donors (Lipinski definition) is 1. The zero-order valence-corrected chi connectivity index (χ0v) is 20.7. The van der Waals surface area contributed by atoms with Gasteiger partial charge in [0.2, 0.25) is 5.91 Å². The van der Waals surface area contributed by atoms with E-state index in [4.69, 9.17) is 0 Å². The Hall–Kier alpha value is -3.45. The number of nitrogens with zero attached hydrogens (tertiary/aromatic N) is 3. The molecule has 3 aromatic rings. The van der Waals surface area contributed by atoms with E-state index in [1.165, 1.54) is 17.7 Å². The van der Waals surface area contributed by atoms with E-state index in [0.717, 1.165) is 53.8 Å². The highest BCUT2D eigenvalue weighted by Crippen LogP contribution is 2.42. The van der Waals surface area contributed by atoms with Gasteiger partial charge in [0.05, 0.1) is 5.41 Å². The van der Waals surface area contributed by atoms with Crippen LogP contribution >= 0.6 is 0 Å². The van der Waals surface area contributed by atoms with E-state index in [0.29, 0.717) is 12.1 Å². The van der Waals surface area contributed by atoms with E-state index in [-0.39, 0.29) is 17.6 Å². The van der Waals surface area contributed by atoms with Gasteiger partial charge in [0.25, 0.3) is 5.91 Å². The minimum absolute atomic E-state index is 0.0641. The summed E-state index contributed by atoms with van der Waals surface area (Å²) in [7, 11) is 3.46. The molecule has 0 saturated carbocycles. The maximum atomic E-state index is 13.5. The third kappa shape index (κ3) is 4.04. The first-order chi connectivity index (χ1) is 16.7. The first kappa shape index (κ1) is 23.3. The maximum Gasteiger partial charge on any atom is 0.253 e. The van der Waals surface area contributed by atoms with Crippen LogP contribution in [0.2, 0.25) is 0 Å². The van der Waals surface area contributed by atoms with E-state index >= 15 is 0 Å². The van der Waals surface area contributed by atoms with Crippen LogP contribution in [0.25, 0.3) is 16.5 Å². The molecule has 7 heteroatoms. The van der Waals surface area contributed by atoms with Crippen molar-refractivity contribution in [2.24, 2.45) is 0 Å². The molecule has 0 aliphatic carbocycles. The van der Waals surface area contributed by atoms with Crippen LogP contribution in [0, 0.1) is 5.82 Å². The average molecular weight is 475 g/mol. The van der Waals surface area contributed by atoms with Crippen LogP contribution < -0.4 is 4.90 Å². The molecule has 0 unspecified atom stereocenters. The summed E-state index contributed by atoms with van der Waals surface area (Å²) in [5.41, 5.74) is 4.95. The molecule has 1 aromatic heterocycles. The second-order valence-corrected chi connectivity index (χ2v) is 10.2. The average Bonchev–Trinajstić information content (AvgIpc) is 3.34. The molecule has 35 heavy (non-hydrogen) atoms. The minimum atomic E-state index is -0.665. The maximum absolute atomic E-state index is 13.5. The molecule has 0 bridgehead atoms. The standard InChI is InChI=1S/C28H31FN4O2/c1-28(2)23-15-19(26(34)31(3)4)5-8-25(23)33(27(28)35)14-13-32-11-9-18(10-12-32)22-17-30-24-16-20(29)6-7-21(22)24/h5-9,15-17,30H,10-14H2,1-4H3. The van der Waals surface area contributed by atoms with Crippen molar-refractivity contribution in [3.05, 3.63) is 71.2 Å². The molecular formula is C28H31FN4O2. The van der Waals surface area contributed by atoms with Crippen LogP contribution in [0.5, 0.6) is 0 Å². The number of amides is 2. The van der Waals surface area contributed by atoms with Crippen LogP contribution in [0.15, 0.2) is 48.7 Å². The molecule has 6 nitrogen and oxygen atoms in total. The number of rotatable bonds is 5. The first-order valence-corrected chi connectivity index (χ1v) is 12.0. The number of halogens is 1. The Kier molecular flexibility index (Phi) is 5.75. The van der Waals surface area contributed by atoms with Gasteiger partial charge >= 0.3 is 0 Å². The third-order valence-electron chi connectivity index (χ3n) is 7.32. The molecular weight excluding hydrogens is 443 g/mol. The van der Waals surface area contributed by atoms with Crippen molar-refractivity contribution in [3.63, 3.8) is 0 Å². The second-order valence-electron chi connectivity index (χ2n) is 10.2. The van der Waals surface area contributed by atoms with Gasteiger partial charge in [0.15, 0.2) is 0 Å². The molecule has 2 aromatic carbocycles. The molecule has 0 fully saturated rings. The lowest BCUT2D eigenvalue weighted by molar-refractivity contribution is -0.122. The van der Waals surface area contributed by atoms with E-state index in [1.54, 1.807) is 19.0 Å². The predicted molar refractivity (Wildman–Crippen MR) is 137 cm³/mol. The minimum Gasteiger partial charge on any atom is -0.360 e. The van der Waals surface area contributed by atoms with Gasteiger partial charge in [0.1, 0.15) is 5.82 Å². The van der Waals surface area contributed by atoms with E-state index in [2.05, 4.69) is 16.0 Å². The van der Waals surface area contributed by atoms with Crippen LogP contribution in [0.4, 0.5) is 10.1 Å². The number of anilines is 1. The summed E-state index contributed by atoms with van der Waals surface area (Å²) in [6.45, 7) is 6.93. The lowest BCUT2D eigenvalue weighted by Gasteiger charge is -2.29. The van der Waals surface area contributed by atoms with Gasteiger partial charge in [-0.2, -0.15) is 0 Å². The van der Waals surface area contributed by atoms with Crippen LogP contribution in [0.3, 0.4) is 0 Å². The van der Waals surface area contributed by atoms with Gasteiger partial charge < -0.3 is 14.8 Å². The second kappa shape index (κ2) is 8.64. The number of fused-ring (bicyclic) bond motifs is 2. The lowest BCUT2D eigenvalue weighted by atomic mass is 9.85. The molecule has 5 rings (SSSR count). The number of H-pyrrole nitrogens is 1. The number of benzene rings is 2. The molecule has 182 valence electrons. The fourth-order valence-electron chi connectivity index (χ4n) is 5.21. The normalized spacial score (nSPS) is 17.6. The van der Waals surface area contributed by atoms with E-state index in [1.807, 2.05) is 49.2 Å². The fourth-order valence-corrected chi connectivity index (χ4v) is 5.21. The highest BCUT2D eigenvalue weighted by atomic mass is 19.1. The van der Waals surface area contributed by atoms with Crippen molar-refractivity contribution in [2.75, 3.05) is 45.2 Å². The summed E-state index contributed by atoms with van der Waals surface area (Å²) < 4.78 is 13.5. The molecule has 0 radical (unpaired) electrons. The monoisotopic (exact) mass is 474 g/mol. The fraction of sp³-hybridized carbons (Fsp3) is 0.357. The Morgan fingerprint density at radius 2 is 1.94 bits per heavy atom. The summed E-state index contributed by atoms with van der Waals surface area (Å²) in [5, 5.41) is 1.04. The topological polar surface area (TPSA) is 59.7 Å². The van der Waals surface area contributed by atoms with Crippen LogP contribution in [0.1, 0.15) is 41.8 Å². The lowest BCUT2D eigenvalue weighted by Crippen LogP contribution is -2.42. The Morgan fingerprint density at radius 1 is 1.14 bits per heavy atom. The van der Waals surface area contributed by atoms with Crippen LogP contribution in [-0.4, -0.2) is 66.9 Å². The molecule has 1 N–H and O–H groups in total. The summed E-state index contributed by atoms with van der Waals surface area (Å²) in [6.07, 6.45) is 5.09. The van der Waals surface area contributed by atoms with Gasteiger partial charge in [0, 0.05) is 74.2 Å². The highest BCUT2D eigenvalue weighted by molar-refractivity contribution is 6.08. The summed E-state index contributed by atoms with van der Waals surface area (Å²) in [4.78, 5) is 34.7. The number of nitrogens with one attached hydrogen (secondary N) is 1. The molecule has 2 aliphatic rings. The SMILES string of the molecule is CN(C)C(=O)c1ccc2c(c1)C(C)(C)C(=O)N2CCN1CC=C(c2c[nH]c3cc(F)ccc23)CC1. The van der Waals surface area contributed by atoms with Crippen molar-refractivity contribution in [1.29, 1.82) is 0 Å². The van der Waals surface area contributed by atoms with Gasteiger partial charge in [-0.3, -0.25) is 14.5 Å². The Balaban J connectivity index is 1.29. The van der Waals surface area contributed by atoms with E-state index < -0.39 is 5.41 Å². The summed E-state index contributed by atoms with van der Waals surface area (Å²) in [5.74, 6) is -0.233. The zero-order valence-electron chi connectivity index (χ0n) is 20.7. The van der Waals surface area contributed by atoms with Gasteiger partial charge in [-0.15, -0.1) is 0 Å². The van der Waals surface area contributed by atoms with E-state index in [9.17, 15) is 14.0 Å². The number of carbonyl (C=O) groups is 2. The largest absolute Gasteiger partial charge is 0.360 e. The Morgan fingerprint density at radius 3 is 2.66 bits per heavy atom. The molecule has 2 amide bonds. The molecule has 3 heterocycles. The Labute approximate surface area is 205 Å². The highest BCUT2D eigenvalue weighted by Gasteiger charge is 2.44. The molecule has 2 aliphatic heterocycles. The number of carbonyl (C=O) groups excluding carboxylic acids is 2. The first-order valence-electron chi connectivity index (χ1n) is 12.0. The number of aromatic nitrogens is 1. The smallest absolute Gasteiger partial charge is 0.253 e. The van der Waals surface area contributed by atoms with Crippen molar-refractivity contribution < 1.29 is 14.0 Å². The number of aromatic amines is 1. The molecule has 0 saturated heterocycles. The van der Waals surface area contributed by atoms with Crippen LogP contribution in [-0.2, 0) is 10.2 Å². The van der Waals surface area contributed by atoms with Crippen molar-refractivity contribution in [2.45, 2.75) is 25.7 Å². The van der Waals surface area contributed by atoms with Gasteiger partial charge in [-0.25, -0.2) is 4.39 Å². The van der Waals surface area contributed by atoms with Crippen molar-refractivity contribution >= 4 is 34.0 Å². The Bertz CT molecular complexity index is 1350. The quantitative estimate of drug-likeness (QED) is 0.596. The summed E-state index contributed by atoms with van der Waals surface area (Å²) >= 11 is 0. The predicted octanol–water partition coefficient (Wildman–Crippen LogP) is 4.42. The zero-order chi connectivity index (χ0) is 24.9. The van der Waals surface area contributed by atoms with Gasteiger partial charge in [-0.1, -0.05) is 6.08 Å². The van der Waals surface area contributed by atoms with Gasteiger partial charge in [-0.05, 0) is 67.8 Å². The summed E-state index contributed by atoms with van der Waals surface area (Å²) in [6, 6.07) is 10.5. The molecule has 0 atom stereocenters.